The molecule has 1 aliphatic carbocycles. The molecule has 2 heterocycles. The average Bonchev–Trinajstić information content (AvgIpc) is 3.48. The number of benzene rings is 1. The van der Waals surface area contributed by atoms with Crippen LogP contribution in [0.15, 0.2) is 46.9 Å². The van der Waals surface area contributed by atoms with Crippen LogP contribution in [0.5, 0.6) is 11.5 Å². The lowest BCUT2D eigenvalue weighted by molar-refractivity contribution is -0.146. The topological polar surface area (TPSA) is 126 Å². The Labute approximate surface area is 187 Å². The molecule has 2 amide bonds. The summed E-state index contributed by atoms with van der Waals surface area (Å²) in [6.07, 6.45) is 4.24. The smallest absolute Gasteiger partial charge is 0.307 e. The SMILES string of the molecule is CC(=NNC(=O)c1cccs1)c1cc2c(cc1NC(=O)C1CC=CCC1C(=O)O)OCO2. The number of carboxylic acids is 1. The van der Waals surface area contributed by atoms with Crippen molar-refractivity contribution < 1.29 is 29.0 Å². The summed E-state index contributed by atoms with van der Waals surface area (Å²) < 4.78 is 10.9. The van der Waals surface area contributed by atoms with Gasteiger partial charge >= 0.3 is 5.97 Å². The number of ether oxygens (including phenoxy) is 2. The Bertz CT molecular complexity index is 1110. The number of nitrogens with one attached hydrogen (secondary N) is 2. The van der Waals surface area contributed by atoms with Gasteiger partial charge in [-0.1, -0.05) is 18.2 Å². The first kappa shape index (κ1) is 21.6. The quantitative estimate of drug-likeness (QED) is 0.349. The van der Waals surface area contributed by atoms with E-state index in [1.165, 1.54) is 11.3 Å². The van der Waals surface area contributed by atoms with Crippen molar-refractivity contribution in [2.24, 2.45) is 16.9 Å². The standard InChI is InChI=1S/C22H21N3O6S/c1-12(24-25-21(27)19-7-4-8-32-19)15-9-17-18(31-11-30-17)10-16(15)23-20(26)13-5-2-3-6-14(13)22(28)29/h2-4,7-10,13-14H,5-6,11H2,1H3,(H,23,26)(H,25,27)(H,28,29). The number of anilines is 1. The second kappa shape index (κ2) is 9.23. The molecule has 1 aromatic heterocycles. The molecule has 0 spiro atoms. The summed E-state index contributed by atoms with van der Waals surface area (Å²) in [5.74, 6) is -2.31. The number of thiophene rings is 1. The van der Waals surface area contributed by atoms with Crippen molar-refractivity contribution in [1.29, 1.82) is 0 Å². The minimum atomic E-state index is -1.01. The normalized spacial score (nSPS) is 19.5. The molecule has 10 heteroatoms. The fraction of sp³-hybridized carbons (Fsp3) is 0.273. The summed E-state index contributed by atoms with van der Waals surface area (Å²) in [6, 6.07) is 6.74. The molecule has 0 bridgehead atoms. The highest BCUT2D eigenvalue weighted by Crippen LogP contribution is 2.38. The molecule has 2 unspecified atom stereocenters. The highest BCUT2D eigenvalue weighted by atomic mass is 32.1. The van der Waals surface area contributed by atoms with Gasteiger partial charge in [0.05, 0.1) is 28.1 Å². The Morgan fingerprint density at radius 2 is 1.84 bits per heavy atom. The summed E-state index contributed by atoms with van der Waals surface area (Å²) in [4.78, 5) is 37.3. The predicted octanol–water partition coefficient (Wildman–Crippen LogP) is 3.24. The van der Waals surface area contributed by atoms with Gasteiger partial charge < -0.3 is 19.9 Å². The third kappa shape index (κ3) is 4.50. The van der Waals surface area contributed by atoms with Crippen LogP contribution < -0.4 is 20.2 Å². The zero-order chi connectivity index (χ0) is 22.7. The molecule has 4 rings (SSSR count). The van der Waals surface area contributed by atoms with Crippen molar-refractivity contribution in [1.82, 2.24) is 5.43 Å². The van der Waals surface area contributed by atoms with E-state index in [2.05, 4.69) is 15.8 Å². The van der Waals surface area contributed by atoms with Crippen LogP contribution in [-0.4, -0.2) is 35.4 Å². The van der Waals surface area contributed by atoms with Crippen molar-refractivity contribution in [3.63, 3.8) is 0 Å². The van der Waals surface area contributed by atoms with Gasteiger partial charge in [0.25, 0.3) is 5.91 Å². The average molecular weight is 455 g/mol. The van der Waals surface area contributed by atoms with E-state index in [4.69, 9.17) is 9.47 Å². The second-order valence-corrected chi connectivity index (χ2v) is 8.30. The molecule has 0 saturated heterocycles. The number of carboxylic acid groups (broad SMARTS) is 1. The van der Waals surface area contributed by atoms with E-state index in [9.17, 15) is 19.5 Å². The first-order valence-corrected chi connectivity index (χ1v) is 10.8. The number of hydrogen-bond donors (Lipinski definition) is 3. The first-order chi connectivity index (χ1) is 15.4. The van der Waals surface area contributed by atoms with E-state index in [0.29, 0.717) is 46.2 Å². The molecular weight excluding hydrogens is 434 g/mol. The van der Waals surface area contributed by atoms with Gasteiger partial charge in [-0.3, -0.25) is 14.4 Å². The number of rotatable bonds is 6. The molecule has 0 fully saturated rings. The first-order valence-electron chi connectivity index (χ1n) is 9.95. The Morgan fingerprint density at radius 1 is 1.12 bits per heavy atom. The van der Waals surface area contributed by atoms with Crippen LogP contribution in [-0.2, 0) is 9.59 Å². The minimum absolute atomic E-state index is 0.0476. The van der Waals surface area contributed by atoms with Crippen molar-refractivity contribution in [3.05, 3.63) is 52.2 Å². The lowest BCUT2D eigenvalue weighted by Crippen LogP contribution is -2.35. The molecule has 166 valence electrons. The maximum absolute atomic E-state index is 13.0. The summed E-state index contributed by atoms with van der Waals surface area (Å²) in [7, 11) is 0. The molecular formula is C22H21N3O6S. The lowest BCUT2D eigenvalue weighted by atomic mass is 9.82. The molecule has 2 aromatic rings. The van der Waals surface area contributed by atoms with Crippen LogP contribution in [0.1, 0.15) is 35.0 Å². The molecule has 0 saturated carbocycles. The zero-order valence-electron chi connectivity index (χ0n) is 17.2. The van der Waals surface area contributed by atoms with Gasteiger partial charge in [0.2, 0.25) is 12.7 Å². The Hall–Kier alpha value is -3.66. The van der Waals surface area contributed by atoms with Gasteiger partial charge in [-0.05, 0) is 37.3 Å². The lowest BCUT2D eigenvalue weighted by Gasteiger charge is -2.24. The molecule has 9 nitrogen and oxygen atoms in total. The van der Waals surface area contributed by atoms with Gasteiger partial charge in [-0.2, -0.15) is 5.10 Å². The summed E-state index contributed by atoms with van der Waals surface area (Å²) in [5, 5.41) is 18.3. The third-order valence-electron chi connectivity index (χ3n) is 5.32. The van der Waals surface area contributed by atoms with E-state index in [-0.39, 0.29) is 12.7 Å². The molecule has 1 aromatic carbocycles. The van der Waals surface area contributed by atoms with Crippen LogP contribution in [0.2, 0.25) is 0 Å². The van der Waals surface area contributed by atoms with Crippen LogP contribution in [0.25, 0.3) is 0 Å². The second-order valence-electron chi connectivity index (χ2n) is 7.35. The maximum Gasteiger partial charge on any atom is 0.307 e. The van der Waals surface area contributed by atoms with Crippen molar-refractivity contribution >= 4 is 40.5 Å². The summed E-state index contributed by atoms with van der Waals surface area (Å²) in [5.41, 5.74) is 3.85. The third-order valence-corrected chi connectivity index (χ3v) is 6.19. The fourth-order valence-corrected chi connectivity index (χ4v) is 4.22. The minimum Gasteiger partial charge on any atom is -0.481 e. The van der Waals surface area contributed by atoms with Gasteiger partial charge in [0, 0.05) is 11.6 Å². The van der Waals surface area contributed by atoms with Gasteiger partial charge in [-0.15, -0.1) is 11.3 Å². The fourth-order valence-electron chi connectivity index (χ4n) is 3.60. The van der Waals surface area contributed by atoms with Gasteiger partial charge in [0.15, 0.2) is 11.5 Å². The Balaban J connectivity index is 1.59. The van der Waals surface area contributed by atoms with Crippen molar-refractivity contribution in [2.75, 3.05) is 12.1 Å². The van der Waals surface area contributed by atoms with Crippen LogP contribution in [0.4, 0.5) is 5.69 Å². The highest BCUT2D eigenvalue weighted by molar-refractivity contribution is 7.12. The molecule has 2 aliphatic rings. The number of fused-ring (bicyclic) bond motifs is 1. The van der Waals surface area contributed by atoms with Crippen LogP contribution in [0, 0.1) is 11.8 Å². The van der Waals surface area contributed by atoms with Crippen LogP contribution in [0.3, 0.4) is 0 Å². The number of hydrazone groups is 1. The van der Waals surface area contributed by atoms with Crippen molar-refractivity contribution in [3.8, 4) is 11.5 Å². The number of carbonyl (C=O) groups is 3. The molecule has 2 atom stereocenters. The monoisotopic (exact) mass is 455 g/mol. The highest BCUT2D eigenvalue weighted by Gasteiger charge is 2.34. The molecule has 1 aliphatic heterocycles. The Kier molecular flexibility index (Phi) is 6.22. The van der Waals surface area contributed by atoms with E-state index < -0.39 is 23.7 Å². The maximum atomic E-state index is 13.0. The predicted molar refractivity (Wildman–Crippen MR) is 118 cm³/mol. The van der Waals surface area contributed by atoms with E-state index in [1.54, 1.807) is 42.6 Å². The number of aliphatic carboxylic acids is 1. The van der Waals surface area contributed by atoms with Gasteiger partial charge in [-0.25, -0.2) is 5.43 Å². The Morgan fingerprint density at radius 3 is 2.53 bits per heavy atom. The number of nitrogens with zero attached hydrogens (tertiary/aromatic N) is 1. The summed E-state index contributed by atoms with van der Waals surface area (Å²) in [6.45, 7) is 1.73. The molecule has 0 radical (unpaired) electrons. The largest absolute Gasteiger partial charge is 0.481 e. The molecule has 3 N–H and O–H groups in total. The zero-order valence-corrected chi connectivity index (χ0v) is 18.0. The summed E-state index contributed by atoms with van der Waals surface area (Å²) >= 11 is 1.30. The van der Waals surface area contributed by atoms with E-state index in [0.717, 1.165) is 0 Å². The number of allylic oxidation sites excluding steroid dienone is 2. The van der Waals surface area contributed by atoms with Gasteiger partial charge in [0.1, 0.15) is 0 Å². The number of amides is 2. The number of carbonyl (C=O) groups excluding carboxylic acids is 2. The van der Waals surface area contributed by atoms with Crippen molar-refractivity contribution in [2.45, 2.75) is 19.8 Å². The van der Waals surface area contributed by atoms with Crippen LogP contribution >= 0.6 is 11.3 Å². The number of hydrogen-bond acceptors (Lipinski definition) is 7. The molecule has 32 heavy (non-hydrogen) atoms. The van der Waals surface area contributed by atoms with E-state index in [1.807, 2.05) is 6.08 Å². The van der Waals surface area contributed by atoms with E-state index >= 15 is 0 Å².